The van der Waals surface area contributed by atoms with Gasteiger partial charge in [-0.15, -0.1) is 0 Å². The molecule has 72 valence electrons. The van der Waals surface area contributed by atoms with Crippen LogP contribution in [0.3, 0.4) is 0 Å². The van der Waals surface area contributed by atoms with Gasteiger partial charge in [0.1, 0.15) is 0 Å². The van der Waals surface area contributed by atoms with Gasteiger partial charge in [0.15, 0.2) is 0 Å². The van der Waals surface area contributed by atoms with Crippen LogP contribution in [0, 0.1) is 11.8 Å². The number of nitrogens with two attached hydrogens (primary N) is 2. The van der Waals surface area contributed by atoms with E-state index in [1.807, 2.05) is 0 Å². The van der Waals surface area contributed by atoms with Crippen LogP contribution < -0.4 is 11.5 Å². The molecule has 2 nitrogen and oxygen atoms in total. The Morgan fingerprint density at radius 1 is 1.09 bits per heavy atom. The molecule has 0 unspecified atom stereocenters. The van der Waals surface area contributed by atoms with Crippen molar-refractivity contribution in [1.82, 2.24) is 0 Å². The van der Waals surface area contributed by atoms with Crippen LogP contribution in [-0.2, 0) is 11.2 Å². The molecule has 0 saturated heterocycles. The minimum atomic E-state index is 0.523. The van der Waals surface area contributed by atoms with Gasteiger partial charge in [-0.2, -0.15) is 0 Å². The Labute approximate surface area is 97.8 Å². The molecule has 0 aromatic carbocycles. The Balaban J connectivity index is 0.000000292. The summed E-state index contributed by atoms with van der Waals surface area (Å²) in [6.07, 6.45) is 2.61. The fourth-order valence-corrected chi connectivity index (χ4v) is 1.26. The molecule has 0 bridgehead atoms. The average molecular weight is 563 g/mol. The standard InChI is InChI=1S/C6H14N2.2HI.Pt/c7-3-5-1-2-6(5)4-8;;;/h5-6H,1-4,7-8H2;2*1H;/q;;;+2/p-2/t5-,6-;;;/m1.../s1. The summed E-state index contributed by atoms with van der Waals surface area (Å²) in [4.78, 5) is 0. The average Bonchev–Trinajstić information content (AvgIpc) is 1.89. The van der Waals surface area contributed by atoms with E-state index in [0.29, 0.717) is 11.2 Å². The maximum atomic E-state index is 5.44. The van der Waals surface area contributed by atoms with Crippen molar-refractivity contribution in [2.75, 3.05) is 13.1 Å². The minimum absolute atomic E-state index is 0.523. The van der Waals surface area contributed by atoms with E-state index in [2.05, 4.69) is 38.7 Å². The third-order valence-electron chi connectivity index (χ3n) is 2.18. The van der Waals surface area contributed by atoms with Gasteiger partial charge in [0.05, 0.1) is 0 Å². The molecule has 1 fully saturated rings. The summed E-state index contributed by atoms with van der Waals surface area (Å²) in [5.41, 5.74) is 10.9. The van der Waals surface area contributed by atoms with Crippen LogP contribution in [0.25, 0.3) is 0 Å². The van der Waals surface area contributed by atoms with Crippen molar-refractivity contribution < 1.29 is 11.2 Å². The van der Waals surface area contributed by atoms with Crippen LogP contribution in [0.15, 0.2) is 0 Å². The first kappa shape index (κ1) is 13.1. The van der Waals surface area contributed by atoms with Gasteiger partial charge in [-0.3, -0.25) is 0 Å². The molecule has 4 N–H and O–H groups in total. The Kier molecular flexibility index (Phi) is 10.3. The summed E-state index contributed by atoms with van der Waals surface area (Å²) in [5, 5.41) is 0. The van der Waals surface area contributed by atoms with Crippen LogP contribution >= 0.6 is 38.7 Å². The normalized spacial score (nSPS) is 28.7. The molecule has 0 aliphatic heterocycles. The van der Waals surface area contributed by atoms with Crippen molar-refractivity contribution in [3.63, 3.8) is 0 Å². The monoisotopic (exact) mass is 563 g/mol. The fraction of sp³-hybridized carbons (Fsp3) is 1.00. The topological polar surface area (TPSA) is 52.0 Å². The first-order valence-corrected chi connectivity index (χ1v) is 16.4. The summed E-state index contributed by atoms with van der Waals surface area (Å²) < 4.78 is 0. The van der Waals surface area contributed by atoms with Crippen LogP contribution in [0.1, 0.15) is 12.8 Å². The van der Waals surface area contributed by atoms with Gasteiger partial charge in [0.25, 0.3) is 0 Å². The van der Waals surface area contributed by atoms with Gasteiger partial charge in [0.2, 0.25) is 0 Å². The molecular formula is C6H14I2N2Pt. The summed E-state index contributed by atoms with van der Waals surface area (Å²) in [7, 11) is 0. The molecule has 0 aromatic heterocycles. The number of hydrogen-bond donors (Lipinski definition) is 2. The number of halogens is 2. The van der Waals surface area contributed by atoms with E-state index in [9.17, 15) is 0 Å². The van der Waals surface area contributed by atoms with Crippen molar-refractivity contribution in [2.45, 2.75) is 12.8 Å². The number of hydrogen-bond acceptors (Lipinski definition) is 2. The van der Waals surface area contributed by atoms with E-state index in [4.69, 9.17) is 11.5 Å². The fourth-order valence-electron chi connectivity index (χ4n) is 1.26. The SMILES string of the molecule is NC[C@H]1CC[C@@H]1CN.[I][Pt][I]. The molecule has 5 heteroatoms. The van der Waals surface area contributed by atoms with E-state index in [0.717, 1.165) is 24.9 Å². The molecular weight excluding hydrogens is 549 g/mol. The second kappa shape index (κ2) is 8.66. The van der Waals surface area contributed by atoms with Crippen molar-refractivity contribution >= 4 is 38.7 Å². The first-order chi connectivity index (χ1) is 5.29. The van der Waals surface area contributed by atoms with Gasteiger partial charge in [-0.05, 0) is 37.8 Å². The second-order valence-electron chi connectivity index (χ2n) is 2.61. The molecule has 0 radical (unpaired) electrons. The zero-order valence-electron chi connectivity index (χ0n) is 6.21. The van der Waals surface area contributed by atoms with E-state index in [1.54, 1.807) is 0 Å². The molecule has 1 saturated carbocycles. The molecule has 0 spiro atoms. The Bertz CT molecular complexity index is 80.7. The Morgan fingerprint density at radius 3 is 1.45 bits per heavy atom. The van der Waals surface area contributed by atoms with Gasteiger partial charge in [-0.1, -0.05) is 0 Å². The molecule has 1 aliphatic carbocycles. The van der Waals surface area contributed by atoms with E-state index >= 15 is 0 Å². The molecule has 0 heterocycles. The molecule has 1 aliphatic rings. The molecule has 2 atom stereocenters. The van der Waals surface area contributed by atoms with Crippen LogP contribution in [0.5, 0.6) is 0 Å². The summed E-state index contributed by atoms with van der Waals surface area (Å²) in [6.45, 7) is 1.67. The van der Waals surface area contributed by atoms with Gasteiger partial charge >= 0.3 is 49.9 Å². The second-order valence-corrected chi connectivity index (χ2v) is 19.2. The third-order valence-corrected chi connectivity index (χ3v) is 2.18. The number of rotatable bonds is 2. The van der Waals surface area contributed by atoms with Crippen LogP contribution in [0.2, 0.25) is 0 Å². The third kappa shape index (κ3) is 5.39. The summed E-state index contributed by atoms with van der Waals surface area (Å²) in [6, 6.07) is 0. The van der Waals surface area contributed by atoms with Gasteiger partial charge in [0, 0.05) is 0 Å². The summed E-state index contributed by atoms with van der Waals surface area (Å²) >= 11 is 5.30. The maximum absolute atomic E-state index is 5.44. The van der Waals surface area contributed by atoms with Gasteiger partial charge in [-0.25, -0.2) is 0 Å². The van der Waals surface area contributed by atoms with Crippen molar-refractivity contribution in [3.05, 3.63) is 0 Å². The van der Waals surface area contributed by atoms with Crippen molar-refractivity contribution in [1.29, 1.82) is 0 Å². The molecule has 11 heavy (non-hydrogen) atoms. The Morgan fingerprint density at radius 2 is 1.36 bits per heavy atom. The van der Waals surface area contributed by atoms with Crippen LogP contribution in [0.4, 0.5) is 0 Å². The molecule has 0 aromatic rings. The van der Waals surface area contributed by atoms with Crippen LogP contribution in [-0.4, -0.2) is 13.1 Å². The van der Waals surface area contributed by atoms with E-state index in [-0.39, 0.29) is 0 Å². The zero-order chi connectivity index (χ0) is 8.69. The van der Waals surface area contributed by atoms with Crippen molar-refractivity contribution in [3.8, 4) is 0 Å². The van der Waals surface area contributed by atoms with Gasteiger partial charge < -0.3 is 11.5 Å². The van der Waals surface area contributed by atoms with Crippen molar-refractivity contribution in [2.24, 2.45) is 23.3 Å². The summed E-state index contributed by atoms with van der Waals surface area (Å²) in [5.74, 6) is 1.50. The quantitative estimate of drug-likeness (QED) is 0.504. The van der Waals surface area contributed by atoms with E-state index in [1.165, 1.54) is 12.8 Å². The zero-order valence-corrected chi connectivity index (χ0v) is 12.8. The molecule has 0 amide bonds. The molecule has 1 rings (SSSR count). The first-order valence-electron chi connectivity index (χ1n) is 3.52. The predicted octanol–water partition coefficient (Wildman–Crippen LogP) is 1.70. The van der Waals surface area contributed by atoms with E-state index < -0.39 is 0 Å². The predicted molar refractivity (Wildman–Crippen MR) is 62.4 cm³/mol. The Hall–Kier alpha value is 2.07.